The Kier molecular flexibility index (Phi) is 5.86. The van der Waals surface area contributed by atoms with Gasteiger partial charge in [-0.3, -0.25) is 0 Å². The second-order valence-corrected chi connectivity index (χ2v) is 17.5. The van der Waals surface area contributed by atoms with Crippen LogP contribution in [0.3, 0.4) is 0 Å². The van der Waals surface area contributed by atoms with Crippen LogP contribution < -0.4 is 0 Å². The normalized spacial score (nSPS) is 15.0. The first kappa shape index (κ1) is 30.5. The average molecular weight is 708 g/mol. The van der Waals surface area contributed by atoms with Crippen molar-refractivity contribution < 1.29 is 0 Å². The summed E-state index contributed by atoms with van der Waals surface area (Å²) in [6, 6.07) is 57.5. The van der Waals surface area contributed by atoms with E-state index in [9.17, 15) is 0 Å². The zero-order chi connectivity index (χ0) is 36.1. The first-order valence-electron chi connectivity index (χ1n) is 19.1. The lowest BCUT2D eigenvalue weighted by Gasteiger charge is -2.22. The van der Waals surface area contributed by atoms with Crippen molar-refractivity contribution in [3.05, 3.63) is 174 Å². The number of nitrogens with zero attached hydrogens (tertiary/aromatic N) is 1. The third kappa shape index (κ3) is 3.79. The van der Waals surface area contributed by atoms with Crippen LogP contribution in [0.5, 0.6) is 0 Å². The molecule has 0 N–H and O–H groups in total. The van der Waals surface area contributed by atoms with Gasteiger partial charge in [-0.15, -0.1) is 11.3 Å². The van der Waals surface area contributed by atoms with Crippen LogP contribution in [-0.4, -0.2) is 4.57 Å². The number of hydrogen-bond acceptors (Lipinski definition) is 1. The van der Waals surface area contributed by atoms with E-state index in [1.165, 1.54) is 114 Å². The van der Waals surface area contributed by atoms with E-state index in [4.69, 9.17) is 0 Å². The van der Waals surface area contributed by atoms with Crippen molar-refractivity contribution in [2.45, 2.75) is 38.5 Å². The minimum Gasteiger partial charge on any atom is -0.308 e. The zero-order valence-electron chi connectivity index (χ0n) is 30.8. The predicted molar refractivity (Wildman–Crippen MR) is 232 cm³/mol. The van der Waals surface area contributed by atoms with Gasteiger partial charge >= 0.3 is 0 Å². The summed E-state index contributed by atoms with van der Waals surface area (Å²) in [4.78, 5) is 0. The Morgan fingerprint density at radius 3 is 1.69 bits per heavy atom. The van der Waals surface area contributed by atoms with Gasteiger partial charge in [0.2, 0.25) is 0 Å². The van der Waals surface area contributed by atoms with Crippen LogP contribution in [0.4, 0.5) is 0 Å². The molecule has 0 spiro atoms. The van der Waals surface area contributed by atoms with Crippen LogP contribution in [0.25, 0.3) is 91.8 Å². The van der Waals surface area contributed by atoms with E-state index in [0.717, 1.165) is 0 Å². The van der Waals surface area contributed by atoms with E-state index in [-0.39, 0.29) is 10.8 Å². The van der Waals surface area contributed by atoms with Crippen molar-refractivity contribution in [1.29, 1.82) is 0 Å². The lowest BCUT2D eigenvalue weighted by atomic mass is 9.81. The maximum Gasteiger partial charge on any atom is 0.0726 e. The van der Waals surface area contributed by atoms with Gasteiger partial charge in [-0.2, -0.15) is 0 Å². The molecule has 0 fully saturated rings. The molecule has 0 bridgehead atoms. The van der Waals surface area contributed by atoms with Gasteiger partial charge in [0.1, 0.15) is 0 Å². The summed E-state index contributed by atoms with van der Waals surface area (Å²) in [6.45, 7) is 9.51. The Balaban J connectivity index is 1.18. The van der Waals surface area contributed by atoms with Crippen molar-refractivity contribution in [2.24, 2.45) is 0 Å². The number of aromatic nitrogens is 1. The highest BCUT2D eigenvalue weighted by Gasteiger charge is 2.37. The van der Waals surface area contributed by atoms with E-state index in [1.54, 1.807) is 0 Å². The molecule has 2 aromatic heterocycles. The summed E-state index contributed by atoms with van der Waals surface area (Å²) in [5.74, 6) is 0. The Morgan fingerprint density at radius 2 is 0.963 bits per heavy atom. The summed E-state index contributed by atoms with van der Waals surface area (Å²) >= 11 is 1.93. The number of rotatable bonds is 2. The van der Waals surface area contributed by atoms with Gasteiger partial charge in [-0.1, -0.05) is 143 Å². The molecule has 0 saturated carbocycles. The standard InChI is InChI=1S/C52H37NS/c1-51(2)41-18-10-7-13-33(41)35-24-21-31(28-43(35)51)30-22-26-45-40(27-30)47-37-15-5-6-16-38(37)48-39-17-9-12-20-46(39)54-50(48)49(47)53(45)32-23-25-36-34-14-8-11-19-42(34)52(3,4)44(36)29-32/h5-29H,1-4H3. The molecule has 0 unspecified atom stereocenters. The highest BCUT2D eigenvalue weighted by molar-refractivity contribution is 7.27. The molecule has 12 rings (SSSR count). The number of hydrogen-bond donors (Lipinski definition) is 0. The summed E-state index contributed by atoms with van der Waals surface area (Å²) in [6.07, 6.45) is 0. The molecule has 0 atom stereocenters. The smallest absolute Gasteiger partial charge is 0.0726 e. The lowest BCUT2D eigenvalue weighted by molar-refractivity contribution is 0.660. The molecule has 2 aliphatic rings. The fourth-order valence-electron chi connectivity index (χ4n) is 10.3. The maximum absolute atomic E-state index is 2.58. The van der Waals surface area contributed by atoms with Crippen LogP contribution in [0.1, 0.15) is 49.9 Å². The van der Waals surface area contributed by atoms with E-state index >= 15 is 0 Å². The second-order valence-electron chi connectivity index (χ2n) is 16.5. The SMILES string of the molecule is CC1(C)c2ccccc2-c2ccc(-c3ccc4c(c3)c3c5ccccc5c5c6ccccc6sc5c3n4-c3ccc4c(c3)C(C)(C)c3ccccc3-4)cc21. The molecule has 2 heteroatoms. The molecule has 256 valence electrons. The number of fused-ring (bicyclic) bond motifs is 16. The van der Waals surface area contributed by atoms with Gasteiger partial charge in [0, 0.05) is 42.8 Å². The first-order chi connectivity index (χ1) is 26.3. The largest absolute Gasteiger partial charge is 0.308 e. The summed E-state index contributed by atoms with van der Waals surface area (Å²) in [7, 11) is 0. The van der Waals surface area contributed by atoms with Gasteiger partial charge < -0.3 is 4.57 Å². The fourth-order valence-corrected chi connectivity index (χ4v) is 11.6. The van der Waals surface area contributed by atoms with Crippen LogP contribution in [0.15, 0.2) is 152 Å². The molecule has 54 heavy (non-hydrogen) atoms. The molecule has 0 radical (unpaired) electrons. The molecule has 0 aliphatic heterocycles. The summed E-state index contributed by atoms with van der Waals surface area (Å²) in [5, 5.41) is 7.95. The van der Waals surface area contributed by atoms with Gasteiger partial charge in [0.25, 0.3) is 0 Å². The van der Waals surface area contributed by atoms with Gasteiger partial charge in [-0.05, 0) is 103 Å². The van der Waals surface area contributed by atoms with Crippen LogP contribution in [0.2, 0.25) is 0 Å². The van der Waals surface area contributed by atoms with Crippen LogP contribution in [0, 0.1) is 0 Å². The third-order valence-corrected chi connectivity index (χ3v) is 14.2. The molecule has 1 nitrogen and oxygen atoms in total. The predicted octanol–water partition coefficient (Wildman–Crippen LogP) is 14.6. The van der Waals surface area contributed by atoms with Crippen molar-refractivity contribution in [3.8, 4) is 39.1 Å². The minimum atomic E-state index is -0.0888. The monoisotopic (exact) mass is 707 g/mol. The maximum atomic E-state index is 2.58. The summed E-state index contributed by atoms with van der Waals surface area (Å²) in [5.41, 5.74) is 17.2. The van der Waals surface area contributed by atoms with Gasteiger partial charge in [0.15, 0.2) is 0 Å². The van der Waals surface area contributed by atoms with Gasteiger partial charge in [-0.25, -0.2) is 0 Å². The number of thiophene rings is 1. The number of benzene rings is 8. The topological polar surface area (TPSA) is 4.93 Å². The summed E-state index contributed by atoms with van der Waals surface area (Å²) < 4.78 is 5.26. The Hall–Kier alpha value is -5.96. The van der Waals surface area contributed by atoms with Crippen molar-refractivity contribution in [1.82, 2.24) is 4.57 Å². The molecule has 0 amide bonds. The average Bonchev–Trinajstić information content (AvgIpc) is 3.89. The second kappa shape index (κ2) is 10.4. The molecule has 2 aliphatic carbocycles. The molecular weight excluding hydrogens is 671 g/mol. The van der Waals surface area contributed by atoms with E-state index in [2.05, 4.69) is 184 Å². The molecule has 0 saturated heterocycles. The first-order valence-corrected chi connectivity index (χ1v) is 19.9. The Morgan fingerprint density at radius 1 is 0.426 bits per heavy atom. The lowest BCUT2D eigenvalue weighted by Crippen LogP contribution is -2.15. The van der Waals surface area contributed by atoms with Crippen molar-refractivity contribution in [2.75, 3.05) is 0 Å². The fraction of sp³-hybridized carbons (Fsp3) is 0.115. The zero-order valence-corrected chi connectivity index (χ0v) is 31.6. The molecule has 2 heterocycles. The van der Waals surface area contributed by atoms with Crippen molar-refractivity contribution >= 4 is 64.1 Å². The van der Waals surface area contributed by atoms with Crippen molar-refractivity contribution in [3.63, 3.8) is 0 Å². The Bertz CT molecular complexity index is 3270. The van der Waals surface area contributed by atoms with E-state index < -0.39 is 0 Å². The van der Waals surface area contributed by atoms with E-state index in [1.807, 2.05) is 11.3 Å². The van der Waals surface area contributed by atoms with Crippen LogP contribution >= 0.6 is 11.3 Å². The van der Waals surface area contributed by atoms with Gasteiger partial charge in [0.05, 0.1) is 15.7 Å². The Labute approximate surface area is 318 Å². The highest BCUT2D eigenvalue weighted by atomic mass is 32.1. The minimum absolute atomic E-state index is 0.0496. The molecule has 10 aromatic rings. The quantitative estimate of drug-likeness (QED) is 0.169. The third-order valence-electron chi connectivity index (χ3n) is 13.0. The molecule has 8 aromatic carbocycles. The van der Waals surface area contributed by atoms with E-state index in [0.29, 0.717) is 0 Å². The molecular formula is C52H37NS. The van der Waals surface area contributed by atoms with Crippen LogP contribution in [-0.2, 0) is 10.8 Å². The highest BCUT2D eigenvalue weighted by Crippen LogP contribution is 2.53.